The van der Waals surface area contributed by atoms with E-state index in [0.717, 1.165) is 63.0 Å². The number of rotatable bonds is 5. The summed E-state index contributed by atoms with van der Waals surface area (Å²) in [5.74, 6) is 1.83. The van der Waals surface area contributed by atoms with Gasteiger partial charge in [-0.3, -0.25) is 9.89 Å². The first-order chi connectivity index (χ1) is 12.9. The van der Waals surface area contributed by atoms with Crippen molar-refractivity contribution in [3.8, 4) is 5.75 Å². The molecule has 2 aromatic carbocycles. The van der Waals surface area contributed by atoms with Gasteiger partial charge in [-0.1, -0.05) is 30.3 Å². The molecule has 5 heteroatoms. The van der Waals surface area contributed by atoms with Crippen LogP contribution < -0.4 is 15.0 Å². The van der Waals surface area contributed by atoms with Crippen molar-refractivity contribution in [1.29, 1.82) is 0 Å². The van der Waals surface area contributed by atoms with Gasteiger partial charge >= 0.3 is 0 Å². The Morgan fingerprint density at radius 1 is 0.923 bits per heavy atom. The molecule has 0 atom stereocenters. The monoisotopic (exact) mass is 350 g/mol. The Labute approximate surface area is 155 Å². The van der Waals surface area contributed by atoms with E-state index in [9.17, 15) is 0 Å². The van der Waals surface area contributed by atoms with Gasteiger partial charge in [-0.15, -0.1) is 0 Å². The molecule has 0 amide bonds. The summed E-state index contributed by atoms with van der Waals surface area (Å²) in [4.78, 5) is 9.68. The van der Waals surface area contributed by atoms with E-state index in [0.29, 0.717) is 6.61 Å². The van der Waals surface area contributed by atoms with Crippen molar-refractivity contribution in [1.82, 2.24) is 4.90 Å². The average Bonchev–Trinajstić information content (AvgIpc) is 2.72. The molecule has 136 valence electrons. The van der Waals surface area contributed by atoms with Crippen molar-refractivity contribution in [3.63, 3.8) is 0 Å². The lowest BCUT2D eigenvalue weighted by molar-refractivity contribution is 0.256. The number of hydrogen-bond acceptors (Lipinski definition) is 4. The van der Waals surface area contributed by atoms with Crippen molar-refractivity contribution in [2.24, 2.45) is 4.99 Å². The summed E-state index contributed by atoms with van der Waals surface area (Å²) >= 11 is 0. The molecule has 0 unspecified atom stereocenters. The predicted octanol–water partition coefficient (Wildman–Crippen LogP) is 3.10. The van der Waals surface area contributed by atoms with Crippen molar-refractivity contribution < 1.29 is 4.74 Å². The first-order valence-corrected chi connectivity index (χ1v) is 9.43. The molecule has 2 aliphatic rings. The van der Waals surface area contributed by atoms with Gasteiger partial charge in [0.2, 0.25) is 0 Å². The van der Waals surface area contributed by atoms with E-state index in [-0.39, 0.29) is 0 Å². The molecule has 1 N–H and O–H groups in total. The van der Waals surface area contributed by atoms with Crippen LogP contribution in [0.2, 0.25) is 0 Å². The molecule has 5 nitrogen and oxygen atoms in total. The lowest BCUT2D eigenvalue weighted by Crippen LogP contribution is -2.46. The van der Waals surface area contributed by atoms with Gasteiger partial charge in [0.05, 0.1) is 5.69 Å². The summed E-state index contributed by atoms with van der Waals surface area (Å²) in [7, 11) is 0. The standard InChI is InChI=1S/C21H26N4O/c1-2-7-18(8-3-1)25-15-13-24(14-16-25)12-6-11-22-21-17-26-20-10-5-4-9-19(20)23-21/h1-5,7-10H,6,11-17H2,(H,22,23). The molecular weight excluding hydrogens is 324 g/mol. The number of aliphatic imine (C=N–C) groups is 1. The number of anilines is 2. The Hall–Kier alpha value is -2.53. The van der Waals surface area contributed by atoms with Crippen molar-refractivity contribution in [2.75, 3.05) is 56.1 Å². The van der Waals surface area contributed by atoms with E-state index in [1.807, 2.05) is 24.3 Å². The maximum atomic E-state index is 5.73. The van der Waals surface area contributed by atoms with Crippen LogP contribution in [-0.4, -0.2) is 56.6 Å². The van der Waals surface area contributed by atoms with E-state index in [4.69, 9.17) is 4.74 Å². The summed E-state index contributed by atoms with van der Waals surface area (Å²) in [6.07, 6.45) is 1.08. The predicted molar refractivity (Wildman–Crippen MR) is 108 cm³/mol. The fourth-order valence-corrected chi connectivity index (χ4v) is 3.50. The molecule has 0 bridgehead atoms. The molecule has 2 aromatic rings. The summed E-state index contributed by atoms with van der Waals surface area (Å²) in [5, 5.41) is 3.36. The van der Waals surface area contributed by atoms with Crippen LogP contribution in [0, 0.1) is 0 Å². The van der Waals surface area contributed by atoms with Gasteiger partial charge in [0.1, 0.15) is 18.2 Å². The van der Waals surface area contributed by atoms with Crippen LogP contribution in [0.15, 0.2) is 59.6 Å². The highest BCUT2D eigenvalue weighted by molar-refractivity contribution is 5.99. The van der Waals surface area contributed by atoms with Gasteiger partial charge in [0.15, 0.2) is 0 Å². The highest BCUT2D eigenvalue weighted by Crippen LogP contribution is 2.26. The Morgan fingerprint density at radius 2 is 1.69 bits per heavy atom. The quantitative estimate of drug-likeness (QED) is 0.841. The minimum Gasteiger partial charge on any atom is -0.484 e. The third-order valence-corrected chi connectivity index (χ3v) is 4.96. The molecule has 0 radical (unpaired) electrons. The molecule has 1 fully saturated rings. The Morgan fingerprint density at radius 3 is 2.54 bits per heavy atom. The van der Waals surface area contributed by atoms with Crippen LogP contribution in [0.3, 0.4) is 0 Å². The molecule has 0 aliphatic carbocycles. The van der Waals surface area contributed by atoms with E-state index < -0.39 is 0 Å². The van der Waals surface area contributed by atoms with Crippen molar-refractivity contribution in [3.05, 3.63) is 54.6 Å². The zero-order valence-corrected chi connectivity index (χ0v) is 15.1. The Bertz CT molecular complexity index is 739. The number of ether oxygens (including phenoxy) is 1. The molecule has 2 aliphatic heterocycles. The summed E-state index contributed by atoms with van der Waals surface area (Å²) in [5.41, 5.74) is 2.34. The molecule has 0 spiro atoms. The van der Waals surface area contributed by atoms with Crippen LogP contribution in [0.25, 0.3) is 0 Å². The first-order valence-electron chi connectivity index (χ1n) is 9.43. The topological polar surface area (TPSA) is 40.1 Å². The maximum absolute atomic E-state index is 5.73. The van der Waals surface area contributed by atoms with E-state index in [1.54, 1.807) is 0 Å². The SMILES string of the molecule is c1ccc(N2CCN(CCCN=C3COc4ccccc4N3)CC2)cc1. The molecular formula is C21H26N4O. The molecule has 0 saturated carbocycles. The molecule has 1 saturated heterocycles. The van der Waals surface area contributed by atoms with Gasteiger partial charge in [-0.2, -0.15) is 0 Å². The third kappa shape index (κ3) is 4.17. The van der Waals surface area contributed by atoms with Crippen molar-refractivity contribution >= 4 is 17.2 Å². The molecule has 4 rings (SSSR count). The average molecular weight is 350 g/mol. The zero-order valence-electron chi connectivity index (χ0n) is 15.1. The number of nitrogens with zero attached hydrogens (tertiary/aromatic N) is 3. The second-order valence-corrected chi connectivity index (χ2v) is 6.76. The summed E-state index contributed by atoms with van der Waals surface area (Å²) in [6.45, 7) is 6.94. The van der Waals surface area contributed by atoms with E-state index in [2.05, 4.69) is 50.4 Å². The minimum absolute atomic E-state index is 0.534. The lowest BCUT2D eigenvalue weighted by Gasteiger charge is -2.36. The largest absolute Gasteiger partial charge is 0.484 e. The Kier molecular flexibility index (Phi) is 5.36. The first kappa shape index (κ1) is 16.9. The van der Waals surface area contributed by atoms with Gasteiger partial charge in [0.25, 0.3) is 0 Å². The number of fused-ring (bicyclic) bond motifs is 1. The molecule has 26 heavy (non-hydrogen) atoms. The van der Waals surface area contributed by atoms with E-state index in [1.165, 1.54) is 5.69 Å². The number of benzene rings is 2. The summed E-state index contributed by atoms with van der Waals surface area (Å²) < 4.78 is 5.73. The van der Waals surface area contributed by atoms with Crippen LogP contribution >= 0.6 is 0 Å². The lowest BCUT2D eigenvalue weighted by atomic mass is 10.2. The number of hydrogen-bond donors (Lipinski definition) is 1. The Balaban J connectivity index is 1.18. The number of amidine groups is 1. The third-order valence-electron chi connectivity index (χ3n) is 4.96. The molecule has 2 heterocycles. The minimum atomic E-state index is 0.534. The van der Waals surface area contributed by atoms with Crippen LogP contribution in [0.1, 0.15) is 6.42 Å². The normalized spacial score (nSPS) is 18.9. The highest BCUT2D eigenvalue weighted by Gasteiger charge is 2.17. The van der Waals surface area contributed by atoms with Crippen LogP contribution in [0.4, 0.5) is 11.4 Å². The van der Waals surface area contributed by atoms with Gasteiger partial charge in [-0.05, 0) is 30.7 Å². The summed E-state index contributed by atoms with van der Waals surface area (Å²) in [6, 6.07) is 18.7. The van der Waals surface area contributed by atoms with Crippen LogP contribution in [-0.2, 0) is 0 Å². The second kappa shape index (κ2) is 8.23. The van der Waals surface area contributed by atoms with E-state index >= 15 is 0 Å². The smallest absolute Gasteiger partial charge is 0.145 e. The van der Waals surface area contributed by atoms with Gasteiger partial charge in [0, 0.05) is 45.0 Å². The number of para-hydroxylation sites is 3. The van der Waals surface area contributed by atoms with Crippen LogP contribution in [0.5, 0.6) is 5.75 Å². The fourth-order valence-electron chi connectivity index (χ4n) is 3.50. The maximum Gasteiger partial charge on any atom is 0.145 e. The zero-order chi connectivity index (χ0) is 17.6. The number of piperazine rings is 1. The highest BCUT2D eigenvalue weighted by atomic mass is 16.5. The van der Waals surface area contributed by atoms with Crippen molar-refractivity contribution in [2.45, 2.75) is 6.42 Å². The second-order valence-electron chi connectivity index (χ2n) is 6.76. The van der Waals surface area contributed by atoms with Gasteiger partial charge < -0.3 is 15.0 Å². The fraction of sp³-hybridized carbons (Fsp3) is 0.381. The number of nitrogens with one attached hydrogen (secondary N) is 1. The van der Waals surface area contributed by atoms with Gasteiger partial charge in [-0.25, -0.2) is 0 Å². The molecule has 0 aromatic heterocycles.